The highest BCUT2D eigenvalue weighted by atomic mass is 19.1. The zero-order valence-electron chi connectivity index (χ0n) is 19.5. The zero-order valence-corrected chi connectivity index (χ0v) is 19.5. The number of carbonyl (C=O) groups excluding carboxylic acids is 2. The van der Waals surface area contributed by atoms with Crippen LogP contribution in [-0.4, -0.2) is 35.8 Å². The van der Waals surface area contributed by atoms with Crippen molar-refractivity contribution in [3.05, 3.63) is 70.8 Å². The number of hydrogen-bond donors (Lipinski definition) is 2. The van der Waals surface area contributed by atoms with Gasteiger partial charge in [0.05, 0.1) is 0 Å². The first-order valence-corrected chi connectivity index (χ1v) is 11.6. The molecule has 0 saturated carbocycles. The highest BCUT2D eigenvalue weighted by molar-refractivity contribution is 5.98. The van der Waals surface area contributed by atoms with Gasteiger partial charge in [-0.15, -0.1) is 0 Å². The lowest BCUT2D eigenvalue weighted by Crippen LogP contribution is -2.49. The van der Waals surface area contributed by atoms with E-state index in [0.717, 1.165) is 48.8 Å². The van der Waals surface area contributed by atoms with Crippen LogP contribution in [0.25, 0.3) is 0 Å². The molecule has 1 aliphatic heterocycles. The van der Waals surface area contributed by atoms with Crippen LogP contribution in [0.1, 0.15) is 55.1 Å². The van der Waals surface area contributed by atoms with Crippen molar-refractivity contribution in [3.8, 4) is 0 Å². The lowest BCUT2D eigenvalue weighted by molar-refractivity contribution is -0.124. The Labute approximate surface area is 194 Å². The van der Waals surface area contributed by atoms with E-state index in [1.165, 1.54) is 18.9 Å². The molecule has 1 aliphatic rings. The van der Waals surface area contributed by atoms with Gasteiger partial charge in [-0.2, -0.15) is 0 Å². The molecule has 7 heteroatoms. The molecule has 1 heterocycles. The number of hydrogen-bond acceptors (Lipinski definition) is 3. The molecule has 1 saturated heterocycles. The molecule has 0 aromatic heterocycles. The second-order valence-electron chi connectivity index (χ2n) is 9.24. The number of rotatable bonds is 8. The third-order valence-electron chi connectivity index (χ3n) is 6.27. The van der Waals surface area contributed by atoms with Gasteiger partial charge in [-0.25, -0.2) is 8.78 Å². The molecule has 0 aliphatic carbocycles. The molecule has 2 amide bonds. The van der Waals surface area contributed by atoms with Crippen LogP contribution >= 0.6 is 0 Å². The number of nitrogens with zero attached hydrogens (tertiary/aromatic N) is 1. The van der Waals surface area contributed by atoms with Gasteiger partial charge < -0.3 is 10.6 Å². The van der Waals surface area contributed by atoms with Gasteiger partial charge in [0.1, 0.15) is 23.2 Å². The van der Waals surface area contributed by atoms with Crippen molar-refractivity contribution in [2.45, 2.75) is 52.7 Å². The maximum Gasteiger partial charge on any atom is 0.257 e. The lowest BCUT2D eigenvalue weighted by Gasteiger charge is -2.30. The zero-order chi connectivity index (χ0) is 24.0. The summed E-state index contributed by atoms with van der Waals surface area (Å²) in [5, 5.41) is 5.39. The lowest BCUT2D eigenvalue weighted by atomic mass is 9.98. The molecule has 2 aromatic rings. The Kier molecular flexibility index (Phi) is 8.55. The molecule has 33 heavy (non-hydrogen) atoms. The largest absolute Gasteiger partial charge is 0.350 e. The predicted molar refractivity (Wildman–Crippen MR) is 124 cm³/mol. The van der Waals surface area contributed by atoms with Gasteiger partial charge in [-0.1, -0.05) is 51.1 Å². The molecule has 2 N–H and O–H groups in total. The van der Waals surface area contributed by atoms with Crippen LogP contribution in [-0.2, 0) is 17.9 Å². The van der Waals surface area contributed by atoms with Gasteiger partial charge in [-0.05, 0) is 61.0 Å². The molecule has 1 atom stereocenters. The van der Waals surface area contributed by atoms with E-state index in [1.807, 2.05) is 18.2 Å². The van der Waals surface area contributed by atoms with E-state index in [2.05, 4.69) is 28.5 Å². The van der Waals surface area contributed by atoms with Crippen LogP contribution in [0.5, 0.6) is 0 Å². The van der Waals surface area contributed by atoms with Crippen molar-refractivity contribution in [3.63, 3.8) is 0 Å². The van der Waals surface area contributed by atoms with Crippen LogP contribution in [0.3, 0.4) is 0 Å². The third-order valence-corrected chi connectivity index (χ3v) is 6.27. The van der Waals surface area contributed by atoms with E-state index in [-0.39, 0.29) is 5.92 Å². The molecule has 0 bridgehead atoms. The van der Waals surface area contributed by atoms with Gasteiger partial charge >= 0.3 is 0 Å². The number of nitrogens with one attached hydrogen (secondary N) is 2. The number of piperidine rings is 1. The summed E-state index contributed by atoms with van der Waals surface area (Å²) in [5.41, 5.74) is 1.49. The Morgan fingerprint density at radius 2 is 1.61 bits per heavy atom. The van der Waals surface area contributed by atoms with E-state index in [1.54, 1.807) is 13.8 Å². The molecule has 5 nitrogen and oxygen atoms in total. The fraction of sp³-hybridized carbons (Fsp3) is 0.462. The van der Waals surface area contributed by atoms with Crippen LogP contribution in [0.15, 0.2) is 42.5 Å². The Hall–Kier alpha value is -2.80. The minimum Gasteiger partial charge on any atom is -0.350 e. The summed E-state index contributed by atoms with van der Waals surface area (Å²) >= 11 is 0. The SMILES string of the molecule is CC1CCN(Cc2ccccc2CNC(=O)C(NC(=O)c2c(F)cccc2F)C(C)C)CC1. The summed E-state index contributed by atoms with van der Waals surface area (Å²) in [6.45, 7) is 9.10. The third kappa shape index (κ3) is 6.60. The van der Waals surface area contributed by atoms with Crippen LogP contribution in [0.4, 0.5) is 8.78 Å². The minimum absolute atomic E-state index is 0.269. The summed E-state index contributed by atoms with van der Waals surface area (Å²) in [6.07, 6.45) is 2.38. The van der Waals surface area contributed by atoms with Gasteiger partial charge in [-0.3, -0.25) is 14.5 Å². The maximum atomic E-state index is 14.0. The van der Waals surface area contributed by atoms with Crippen molar-refractivity contribution in [2.75, 3.05) is 13.1 Å². The number of benzene rings is 2. The molecular formula is C26H33F2N3O2. The van der Waals surface area contributed by atoms with Crippen LogP contribution in [0, 0.1) is 23.5 Å². The van der Waals surface area contributed by atoms with Crippen LogP contribution in [0.2, 0.25) is 0 Å². The second-order valence-corrected chi connectivity index (χ2v) is 9.24. The number of carbonyl (C=O) groups is 2. The number of halogens is 2. The summed E-state index contributed by atoms with van der Waals surface area (Å²) in [4.78, 5) is 27.8. The van der Waals surface area contributed by atoms with Crippen molar-refractivity contribution in [1.82, 2.24) is 15.5 Å². The van der Waals surface area contributed by atoms with Crippen LogP contribution < -0.4 is 10.6 Å². The summed E-state index contributed by atoms with van der Waals surface area (Å²) in [7, 11) is 0. The molecular weight excluding hydrogens is 424 g/mol. The molecule has 0 radical (unpaired) electrons. The van der Waals surface area contributed by atoms with Crippen molar-refractivity contribution in [1.29, 1.82) is 0 Å². The fourth-order valence-electron chi connectivity index (χ4n) is 4.10. The molecule has 2 aromatic carbocycles. The average molecular weight is 458 g/mol. The first-order valence-electron chi connectivity index (χ1n) is 11.6. The van der Waals surface area contributed by atoms with E-state index in [4.69, 9.17) is 0 Å². The molecule has 1 fully saturated rings. The monoisotopic (exact) mass is 457 g/mol. The Morgan fingerprint density at radius 1 is 1.00 bits per heavy atom. The molecule has 3 rings (SSSR count). The Morgan fingerprint density at radius 3 is 2.21 bits per heavy atom. The van der Waals surface area contributed by atoms with E-state index < -0.39 is 35.1 Å². The van der Waals surface area contributed by atoms with E-state index in [0.29, 0.717) is 6.54 Å². The van der Waals surface area contributed by atoms with Gasteiger partial charge in [0.15, 0.2) is 0 Å². The standard InChI is InChI=1S/C26H33F2N3O2/c1-17(2)24(30-25(32)23-21(27)9-6-10-22(23)28)26(33)29-15-19-7-4-5-8-20(19)16-31-13-11-18(3)12-14-31/h4-10,17-18,24H,11-16H2,1-3H3,(H,29,33)(H,30,32). The first kappa shape index (κ1) is 24.8. The second kappa shape index (κ2) is 11.4. The number of likely N-dealkylation sites (tertiary alicyclic amines) is 1. The van der Waals surface area contributed by atoms with Gasteiger partial charge in [0.25, 0.3) is 5.91 Å². The summed E-state index contributed by atoms with van der Waals surface area (Å²) < 4.78 is 28.0. The van der Waals surface area contributed by atoms with Crippen molar-refractivity contribution < 1.29 is 18.4 Å². The number of amides is 2. The van der Waals surface area contributed by atoms with Gasteiger partial charge in [0, 0.05) is 13.1 Å². The highest BCUT2D eigenvalue weighted by Gasteiger charge is 2.27. The van der Waals surface area contributed by atoms with Crippen molar-refractivity contribution >= 4 is 11.8 Å². The van der Waals surface area contributed by atoms with E-state index in [9.17, 15) is 18.4 Å². The molecule has 0 spiro atoms. The van der Waals surface area contributed by atoms with Gasteiger partial charge in [0.2, 0.25) is 5.91 Å². The first-order chi connectivity index (χ1) is 15.8. The Bertz CT molecular complexity index is 952. The summed E-state index contributed by atoms with van der Waals surface area (Å²) in [6, 6.07) is 10.3. The maximum absolute atomic E-state index is 14.0. The normalized spacial score (nSPS) is 15.9. The topological polar surface area (TPSA) is 61.4 Å². The van der Waals surface area contributed by atoms with E-state index >= 15 is 0 Å². The fourth-order valence-corrected chi connectivity index (χ4v) is 4.10. The highest BCUT2D eigenvalue weighted by Crippen LogP contribution is 2.20. The molecule has 1 unspecified atom stereocenters. The average Bonchev–Trinajstić information content (AvgIpc) is 2.78. The smallest absolute Gasteiger partial charge is 0.257 e. The minimum atomic E-state index is -0.962. The summed E-state index contributed by atoms with van der Waals surface area (Å²) in [5.74, 6) is -2.77. The predicted octanol–water partition coefficient (Wildman–Crippen LogP) is 4.27. The Balaban J connectivity index is 1.64. The quantitative estimate of drug-likeness (QED) is 0.623. The van der Waals surface area contributed by atoms with Crippen molar-refractivity contribution in [2.24, 2.45) is 11.8 Å². The molecule has 178 valence electrons.